The first-order valence-electron chi connectivity index (χ1n) is 8.29. The molecule has 2 aromatic carbocycles. The molecule has 0 saturated heterocycles. The van der Waals surface area contributed by atoms with Crippen LogP contribution in [0.4, 0.5) is 10.1 Å². The Labute approximate surface area is 188 Å². The number of rotatable bonds is 9. The largest absolute Gasteiger partial charge is 0.354 e. The van der Waals surface area contributed by atoms with Crippen molar-refractivity contribution in [1.29, 1.82) is 0 Å². The van der Waals surface area contributed by atoms with Crippen molar-refractivity contribution in [1.82, 2.24) is 5.32 Å². The van der Waals surface area contributed by atoms with Crippen molar-refractivity contribution in [3.05, 3.63) is 62.8 Å². The summed E-state index contributed by atoms with van der Waals surface area (Å²) in [5.41, 5.74) is 1.05. The molecule has 0 aliphatic heterocycles. The van der Waals surface area contributed by atoms with Crippen molar-refractivity contribution in [2.45, 2.75) is 5.75 Å². The van der Waals surface area contributed by atoms with Crippen LogP contribution in [0.1, 0.15) is 5.56 Å². The average Bonchev–Trinajstić information content (AvgIpc) is 2.62. The fourth-order valence-corrected chi connectivity index (χ4v) is 4.75. The molecule has 11 heteroatoms. The molecule has 158 valence electrons. The molecule has 2 aromatic rings. The highest BCUT2D eigenvalue weighted by Gasteiger charge is 2.21. The van der Waals surface area contributed by atoms with Gasteiger partial charge in [-0.3, -0.25) is 9.10 Å². The van der Waals surface area contributed by atoms with E-state index in [2.05, 4.69) is 5.32 Å². The van der Waals surface area contributed by atoms with Crippen molar-refractivity contribution >= 4 is 68.2 Å². The SMILES string of the molecule is CS(=O)(=O)N(CC(=O)NCCSCc1ccc(Cl)cc1Cl)c1ccc(F)c(Cl)c1. The second-order valence-electron chi connectivity index (χ2n) is 6.01. The third-order valence-electron chi connectivity index (χ3n) is 3.72. The van der Waals surface area contributed by atoms with Crippen LogP contribution in [-0.4, -0.2) is 39.4 Å². The van der Waals surface area contributed by atoms with Crippen molar-refractivity contribution in [3.63, 3.8) is 0 Å². The average molecular weight is 500 g/mol. The van der Waals surface area contributed by atoms with Crippen LogP contribution < -0.4 is 9.62 Å². The number of sulfonamides is 1. The highest BCUT2D eigenvalue weighted by atomic mass is 35.5. The molecule has 1 amide bonds. The summed E-state index contributed by atoms with van der Waals surface area (Å²) in [6, 6.07) is 8.73. The van der Waals surface area contributed by atoms with Crippen LogP contribution in [-0.2, 0) is 20.6 Å². The molecular weight excluding hydrogens is 482 g/mol. The van der Waals surface area contributed by atoms with E-state index in [1.165, 1.54) is 6.07 Å². The minimum atomic E-state index is -3.76. The fraction of sp³-hybridized carbons (Fsp3) is 0.278. The highest BCUT2D eigenvalue weighted by molar-refractivity contribution is 7.98. The Hall–Kier alpha value is -1.19. The first-order valence-corrected chi connectivity index (χ1v) is 12.4. The van der Waals surface area contributed by atoms with E-state index in [4.69, 9.17) is 34.8 Å². The summed E-state index contributed by atoms with van der Waals surface area (Å²) in [5.74, 6) is 0.0913. The van der Waals surface area contributed by atoms with Crippen LogP contribution in [0.2, 0.25) is 15.1 Å². The zero-order valence-corrected chi connectivity index (χ0v) is 19.2. The predicted octanol–water partition coefficient (Wildman–Crippen LogP) is 4.60. The number of carbonyl (C=O) groups excluding carboxylic acids is 1. The zero-order chi connectivity index (χ0) is 21.6. The van der Waals surface area contributed by atoms with Crippen molar-refractivity contribution in [2.24, 2.45) is 0 Å². The number of nitrogens with one attached hydrogen (secondary N) is 1. The number of amides is 1. The van der Waals surface area contributed by atoms with Gasteiger partial charge in [0.2, 0.25) is 15.9 Å². The van der Waals surface area contributed by atoms with E-state index in [9.17, 15) is 17.6 Å². The Morgan fingerprint density at radius 1 is 1.14 bits per heavy atom. The molecule has 0 unspecified atom stereocenters. The van der Waals surface area contributed by atoms with E-state index in [0.717, 1.165) is 28.3 Å². The lowest BCUT2D eigenvalue weighted by Gasteiger charge is -2.22. The van der Waals surface area contributed by atoms with Gasteiger partial charge in [-0.2, -0.15) is 11.8 Å². The second-order valence-corrected chi connectivity index (χ2v) is 10.3. The van der Waals surface area contributed by atoms with Gasteiger partial charge < -0.3 is 5.32 Å². The quantitative estimate of drug-likeness (QED) is 0.512. The van der Waals surface area contributed by atoms with E-state index in [1.807, 2.05) is 6.07 Å². The second kappa shape index (κ2) is 10.7. The minimum Gasteiger partial charge on any atom is -0.354 e. The Morgan fingerprint density at radius 2 is 1.86 bits per heavy atom. The van der Waals surface area contributed by atoms with Crippen molar-refractivity contribution in [3.8, 4) is 0 Å². The van der Waals surface area contributed by atoms with Gasteiger partial charge in [-0.15, -0.1) is 0 Å². The molecule has 2 rings (SSSR count). The minimum absolute atomic E-state index is 0.112. The fourth-order valence-electron chi connectivity index (χ4n) is 2.31. The number of nitrogens with zero attached hydrogens (tertiary/aromatic N) is 1. The van der Waals surface area contributed by atoms with Crippen LogP contribution in [0.3, 0.4) is 0 Å². The molecule has 0 aliphatic rings. The van der Waals surface area contributed by atoms with Gasteiger partial charge in [0.1, 0.15) is 12.4 Å². The summed E-state index contributed by atoms with van der Waals surface area (Å²) in [6.07, 6.45) is 0.962. The number of carbonyl (C=O) groups is 1. The number of hydrogen-bond donors (Lipinski definition) is 1. The molecular formula is C18H18Cl3FN2O3S2. The summed E-state index contributed by atoms with van der Waals surface area (Å²) in [6.45, 7) is -0.0923. The van der Waals surface area contributed by atoms with Crippen LogP contribution in [0.5, 0.6) is 0 Å². The standard InChI is InChI=1S/C18H18Cl3FN2O3S2/c1-29(26,27)24(14-4-5-17(22)16(21)9-14)10-18(25)23-6-7-28-11-12-2-3-13(19)8-15(12)20/h2-5,8-9H,6-7,10-11H2,1H3,(H,23,25). The van der Waals surface area contributed by atoms with E-state index >= 15 is 0 Å². The molecule has 0 bridgehead atoms. The molecule has 0 spiro atoms. The number of anilines is 1. The number of hydrogen-bond acceptors (Lipinski definition) is 4. The van der Waals surface area contributed by atoms with Crippen molar-refractivity contribution < 1.29 is 17.6 Å². The summed E-state index contributed by atoms with van der Waals surface area (Å²) in [4.78, 5) is 12.2. The van der Waals surface area contributed by atoms with Crippen LogP contribution >= 0.6 is 46.6 Å². The van der Waals surface area contributed by atoms with Crippen LogP contribution in [0.25, 0.3) is 0 Å². The highest BCUT2D eigenvalue weighted by Crippen LogP contribution is 2.25. The van der Waals surface area contributed by atoms with Gasteiger partial charge in [-0.05, 0) is 35.9 Å². The van der Waals surface area contributed by atoms with Crippen LogP contribution in [0.15, 0.2) is 36.4 Å². The van der Waals surface area contributed by atoms with Gasteiger partial charge in [0.25, 0.3) is 0 Å². The molecule has 0 heterocycles. The van der Waals surface area contributed by atoms with Gasteiger partial charge in [0.15, 0.2) is 0 Å². The third kappa shape index (κ3) is 7.53. The number of thioether (sulfide) groups is 1. The lowest BCUT2D eigenvalue weighted by atomic mass is 10.2. The van der Waals surface area contributed by atoms with Crippen molar-refractivity contribution in [2.75, 3.05) is 29.4 Å². The topological polar surface area (TPSA) is 66.5 Å². The molecule has 0 aliphatic carbocycles. The Morgan fingerprint density at radius 3 is 2.48 bits per heavy atom. The van der Waals surface area contributed by atoms with Gasteiger partial charge in [0, 0.05) is 28.1 Å². The summed E-state index contributed by atoms with van der Waals surface area (Å²) in [5, 5.41) is 3.58. The smallest absolute Gasteiger partial charge is 0.240 e. The van der Waals surface area contributed by atoms with E-state index < -0.39 is 28.3 Å². The van der Waals surface area contributed by atoms with E-state index in [0.29, 0.717) is 28.1 Å². The maximum Gasteiger partial charge on any atom is 0.240 e. The number of benzene rings is 2. The molecule has 29 heavy (non-hydrogen) atoms. The third-order valence-corrected chi connectivity index (χ3v) is 6.75. The summed E-state index contributed by atoms with van der Waals surface area (Å²) < 4.78 is 38.3. The molecule has 5 nitrogen and oxygen atoms in total. The first kappa shape index (κ1) is 24.1. The first-order chi connectivity index (χ1) is 13.6. The maximum absolute atomic E-state index is 13.3. The lowest BCUT2D eigenvalue weighted by Crippen LogP contribution is -2.41. The van der Waals surface area contributed by atoms with E-state index in [1.54, 1.807) is 23.9 Å². The van der Waals surface area contributed by atoms with E-state index in [-0.39, 0.29) is 10.7 Å². The number of halogens is 4. The summed E-state index contributed by atoms with van der Waals surface area (Å²) in [7, 11) is -3.76. The maximum atomic E-state index is 13.3. The summed E-state index contributed by atoms with van der Waals surface area (Å²) >= 11 is 19.2. The van der Waals surface area contributed by atoms with Gasteiger partial charge >= 0.3 is 0 Å². The Kier molecular flexibility index (Phi) is 8.91. The van der Waals surface area contributed by atoms with Gasteiger partial charge in [0.05, 0.1) is 17.0 Å². The molecule has 0 atom stereocenters. The molecule has 0 radical (unpaired) electrons. The Balaban J connectivity index is 1.86. The lowest BCUT2D eigenvalue weighted by molar-refractivity contribution is -0.119. The normalized spacial score (nSPS) is 11.3. The zero-order valence-electron chi connectivity index (χ0n) is 15.3. The monoisotopic (exact) mass is 498 g/mol. The molecule has 0 saturated carbocycles. The van der Waals surface area contributed by atoms with Crippen LogP contribution in [0, 0.1) is 5.82 Å². The molecule has 1 N–H and O–H groups in total. The predicted molar refractivity (Wildman–Crippen MR) is 119 cm³/mol. The molecule has 0 fully saturated rings. The Bertz CT molecular complexity index is 990. The van der Waals surface area contributed by atoms with Gasteiger partial charge in [-0.1, -0.05) is 40.9 Å². The molecule has 0 aromatic heterocycles. The van der Waals surface area contributed by atoms with Gasteiger partial charge in [-0.25, -0.2) is 12.8 Å².